The minimum atomic E-state index is 0.786. The number of methoxy groups -OCH3 is 1. The van der Waals surface area contributed by atoms with Gasteiger partial charge in [0.05, 0.1) is 7.11 Å². The quantitative estimate of drug-likeness (QED) is 0.671. The number of hydrogen-bond donors (Lipinski definition) is 1. The lowest BCUT2D eigenvalue weighted by Gasteiger charge is -2.33. The lowest BCUT2D eigenvalue weighted by atomic mass is 10.00. The highest BCUT2D eigenvalue weighted by molar-refractivity contribution is 5.80. The Bertz CT molecular complexity index is 479. The van der Waals surface area contributed by atoms with Crippen molar-refractivity contribution in [3.05, 3.63) is 29.8 Å². The smallest absolute Gasteiger partial charge is 0.193 e. The van der Waals surface area contributed by atoms with E-state index in [-0.39, 0.29) is 0 Å². The second kappa shape index (κ2) is 8.66. The van der Waals surface area contributed by atoms with Crippen LogP contribution in [0.25, 0.3) is 0 Å². The number of likely N-dealkylation sites (tertiary alicyclic amines) is 1. The normalized spacial score (nSPS) is 16.7. The molecule has 1 aliphatic heterocycles. The summed E-state index contributed by atoms with van der Waals surface area (Å²) in [5, 5.41) is 3.43. The third-order valence-corrected chi connectivity index (χ3v) is 4.25. The molecule has 0 aliphatic carbocycles. The molecular weight excluding hydrogens is 274 g/mol. The van der Waals surface area contributed by atoms with E-state index in [2.05, 4.69) is 36.2 Å². The zero-order chi connectivity index (χ0) is 15.8. The molecule has 0 aromatic heterocycles. The minimum Gasteiger partial charge on any atom is -0.496 e. The van der Waals surface area contributed by atoms with Crippen LogP contribution in [0.15, 0.2) is 29.3 Å². The van der Waals surface area contributed by atoms with Gasteiger partial charge < -0.3 is 15.0 Å². The first-order valence-electron chi connectivity index (χ1n) is 8.39. The number of nitrogens with one attached hydrogen (secondary N) is 1. The molecule has 2 rings (SSSR count). The van der Waals surface area contributed by atoms with E-state index in [0.717, 1.165) is 50.2 Å². The number of ether oxygens (including phenoxy) is 1. The van der Waals surface area contributed by atoms with E-state index in [1.165, 1.54) is 18.4 Å². The number of guanidine groups is 1. The van der Waals surface area contributed by atoms with Crippen LogP contribution in [0.2, 0.25) is 0 Å². The molecule has 0 amide bonds. The van der Waals surface area contributed by atoms with Crippen molar-refractivity contribution in [2.45, 2.75) is 33.1 Å². The van der Waals surface area contributed by atoms with Gasteiger partial charge in [0.25, 0.3) is 0 Å². The van der Waals surface area contributed by atoms with Crippen molar-refractivity contribution < 1.29 is 4.74 Å². The summed E-state index contributed by atoms with van der Waals surface area (Å²) < 4.78 is 5.40. The fourth-order valence-electron chi connectivity index (χ4n) is 2.84. The Hall–Kier alpha value is -1.71. The van der Waals surface area contributed by atoms with E-state index in [1.807, 2.05) is 12.1 Å². The van der Waals surface area contributed by atoms with Gasteiger partial charge in [0, 0.05) is 26.2 Å². The highest BCUT2D eigenvalue weighted by Crippen LogP contribution is 2.18. The molecule has 0 bridgehead atoms. The van der Waals surface area contributed by atoms with Crippen LogP contribution in [0.4, 0.5) is 0 Å². The standard InChI is InChI=1S/C18H29N3O/c1-4-19-18(21-13-10-15(2)11-14-21)20-12-9-16-7-5-6-8-17(16)22-3/h5-8,15H,4,9-14H2,1-3H3,(H,19,20). The van der Waals surface area contributed by atoms with E-state index in [1.54, 1.807) is 7.11 Å². The molecule has 0 spiro atoms. The fourth-order valence-corrected chi connectivity index (χ4v) is 2.84. The van der Waals surface area contributed by atoms with Crippen LogP contribution in [0, 0.1) is 5.92 Å². The van der Waals surface area contributed by atoms with Gasteiger partial charge in [-0.25, -0.2) is 0 Å². The van der Waals surface area contributed by atoms with E-state index < -0.39 is 0 Å². The number of hydrogen-bond acceptors (Lipinski definition) is 2. The molecule has 0 radical (unpaired) electrons. The van der Waals surface area contributed by atoms with Crippen LogP contribution in [0.5, 0.6) is 5.75 Å². The predicted octanol–water partition coefficient (Wildman–Crippen LogP) is 2.94. The Labute approximate surface area is 134 Å². The lowest BCUT2D eigenvalue weighted by Crippen LogP contribution is -2.45. The average molecular weight is 303 g/mol. The molecule has 4 nitrogen and oxygen atoms in total. The highest BCUT2D eigenvalue weighted by atomic mass is 16.5. The van der Waals surface area contributed by atoms with Gasteiger partial charge in [-0.05, 0) is 43.7 Å². The molecule has 1 aliphatic rings. The molecule has 1 saturated heterocycles. The van der Waals surface area contributed by atoms with Gasteiger partial charge in [0.2, 0.25) is 0 Å². The van der Waals surface area contributed by atoms with Gasteiger partial charge in [0.15, 0.2) is 5.96 Å². The Morgan fingerprint density at radius 2 is 2.05 bits per heavy atom. The summed E-state index contributed by atoms with van der Waals surface area (Å²) >= 11 is 0. The largest absolute Gasteiger partial charge is 0.496 e. The summed E-state index contributed by atoms with van der Waals surface area (Å²) in [7, 11) is 1.72. The topological polar surface area (TPSA) is 36.9 Å². The van der Waals surface area contributed by atoms with Crippen LogP contribution in [0.1, 0.15) is 32.3 Å². The molecule has 0 atom stereocenters. The summed E-state index contributed by atoms with van der Waals surface area (Å²) in [6, 6.07) is 8.18. The Balaban J connectivity index is 1.95. The molecule has 1 aromatic carbocycles. The molecule has 1 heterocycles. The van der Waals surface area contributed by atoms with Crippen LogP contribution < -0.4 is 10.1 Å². The number of para-hydroxylation sites is 1. The van der Waals surface area contributed by atoms with Crippen LogP contribution >= 0.6 is 0 Å². The maximum Gasteiger partial charge on any atom is 0.193 e. The Morgan fingerprint density at radius 1 is 1.32 bits per heavy atom. The number of rotatable bonds is 5. The van der Waals surface area contributed by atoms with Crippen LogP contribution in [0.3, 0.4) is 0 Å². The predicted molar refractivity (Wildman–Crippen MR) is 92.6 cm³/mol. The first kappa shape index (κ1) is 16.7. The average Bonchev–Trinajstić information content (AvgIpc) is 2.55. The van der Waals surface area contributed by atoms with Crippen molar-refractivity contribution in [1.82, 2.24) is 10.2 Å². The summed E-state index contributed by atoms with van der Waals surface area (Å²) in [5.74, 6) is 2.85. The zero-order valence-electron chi connectivity index (χ0n) is 14.1. The first-order chi connectivity index (χ1) is 10.7. The van der Waals surface area contributed by atoms with E-state index in [9.17, 15) is 0 Å². The van der Waals surface area contributed by atoms with Crippen molar-refractivity contribution in [3.63, 3.8) is 0 Å². The van der Waals surface area contributed by atoms with E-state index in [0.29, 0.717) is 0 Å². The molecule has 22 heavy (non-hydrogen) atoms. The van der Waals surface area contributed by atoms with Gasteiger partial charge in [-0.1, -0.05) is 25.1 Å². The molecule has 0 saturated carbocycles. The summed E-state index contributed by atoms with van der Waals surface area (Å²) in [6.45, 7) is 8.39. The maximum atomic E-state index is 5.40. The zero-order valence-corrected chi connectivity index (χ0v) is 14.1. The lowest BCUT2D eigenvalue weighted by molar-refractivity contribution is 0.273. The number of piperidine rings is 1. The van der Waals surface area contributed by atoms with Crippen molar-refractivity contribution in [2.75, 3.05) is 33.3 Å². The minimum absolute atomic E-state index is 0.786. The molecule has 1 aromatic rings. The van der Waals surface area contributed by atoms with E-state index in [4.69, 9.17) is 9.73 Å². The van der Waals surface area contributed by atoms with Crippen molar-refractivity contribution >= 4 is 5.96 Å². The Kier molecular flexibility index (Phi) is 6.56. The third kappa shape index (κ3) is 4.65. The fraction of sp³-hybridized carbons (Fsp3) is 0.611. The molecule has 1 N–H and O–H groups in total. The SMILES string of the molecule is CCNC(=NCCc1ccccc1OC)N1CCC(C)CC1. The molecule has 0 unspecified atom stereocenters. The van der Waals surface area contributed by atoms with Crippen LogP contribution in [-0.2, 0) is 6.42 Å². The second-order valence-electron chi connectivity index (χ2n) is 5.97. The monoisotopic (exact) mass is 303 g/mol. The number of benzene rings is 1. The van der Waals surface area contributed by atoms with E-state index >= 15 is 0 Å². The maximum absolute atomic E-state index is 5.40. The second-order valence-corrected chi connectivity index (χ2v) is 5.97. The van der Waals surface area contributed by atoms with Gasteiger partial charge in [-0.2, -0.15) is 0 Å². The van der Waals surface area contributed by atoms with Gasteiger partial charge in [-0.3, -0.25) is 4.99 Å². The number of aliphatic imine (C=N–C) groups is 1. The van der Waals surface area contributed by atoms with Gasteiger partial charge >= 0.3 is 0 Å². The molecular formula is C18H29N3O. The first-order valence-corrected chi connectivity index (χ1v) is 8.39. The highest BCUT2D eigenvalue weighted by Gasteiger charge is 2.18. The third-order valence-electron chi connectivity index (χ3n) is 4.25. The molecule has 122 valence electrons. The van der Waals surface area contributed by atoms with Gasteiger partial charge in [-0.15, -0.1) is 0 Å². The summed E-state index contributed by atoms with van der Waals surface area (Å²) in [4.78, 5) is 7.20. The molecule has 4 heteroatoms. The van der Waals surface area contributed by atoms with Crippen molar-refractivity contribution in [2.24, 2.45) is 10.9 Å². The van der Waals surface area contributed by atoms with Crippen molar-refractivity contribution in [3.8, 4) is 5.75 Å². The van der Waals surface area contributed by atoms with Crippen LogP contribution in [-0.4, -0.2) is 44.1 Å². The molecule has 1 fully saturated rings. The number of nitrogens with zero attached hydrogens (tertiary/aromatic N) is 2. The Morgan fingerprint density at radius 3 is 2.73 bits per heavy atom. The van der Waals surface area contributed by atoms with Gasteiger partial charge in [0.1, 0.15) is 5.75 Å². The summed E-state index contributed by atoms with van der Waals surface area (Å²) in [5.41, 5.74) is 1.22. The summed E-state index contributed by atoms with van der Waals surface area (Å²) in [6.07, 6.45) is 3.43. The van der Waals surface area contributed by atoms with Crippen molar-refractivity contribution in [1.29, 1.82) is 0 Å².